The highest BCUT2D eigenvalue weighted by Crippen LogP contribution is 2.21. The van der Waals surface area contributed by atoms with Gasteiger partial charge in [0, 0.05) is 22.3 Å². The lowest BCUT2D eigenvalue weighted by molar-refractivity contribution is 0.0988. The van der Waals surface area contributed by atoms with Gasteiger partial charge in [0.05, 0.1) is 0 Å². The molecule has 0 bridgehead atoms. The van der Waals surface area contributed by atoms with E-state index in [1.807, 2.05) is 26.0 Å². The standard InChI is InChI=1S/C16H15BrFNO/c1-3-19(14-7-5-13(18)6-8-14)16(20)12-4-9-15(17)11(2)10-12/h4-10H,3H2,1-2H3. The van der Waals surface area contributed by atoms with Crippen molar-refractivity contribution in [3.63, 3.8) is 0 Å². The lowest BCUT2D eigenvalue weighted by Crippen LogP contribution is -2.30. The molecule has 2 aromatic rings. The fourth-order valence-corrected chi connectivity index (χ4v) is 2.24. The molecule has 0 aliphatic carbocycles. The van der Waals surface area contributed by atoms with Crippen LogP contribution in [-0.4, -0.2) is 12.5 Å². The van der Waals surface area contributed by atoms with E-state index < -0.39 is 0 Å². The summed E-state index contributed by atoms with van der Waals surface area (Å²) >= 11 is 3.42. The highest BCUT2D eigenvalue weighted by Gasteiger charge is 2.16. The number of hydrogen-bond acceptors (Lipinski definition) is 1. The van der Waals surface area contributed by atoms with Crippen LogP contribution in [0.1, 0.15) is 22.8 Å². The maximum Gasteiger partial charge on any atom is 0.258 e. The van der Waals surface area contributed by atoms with Gasteiger partial charge in [-0.3, -0.25) is 4.79 Å². The first-order valence-corrected chi connectivity index (χ1v) is 7.16. The molecule has 0 N–H and O–H groups in total. The first-order chi connectivity index (χ1) is 9.52. The SMILES string of the molecule is CCN(C(=O)c1ccc(Br)c(C)c1)c1ccc(F)cc1. The third kappa shape index (κ3) is 3.07. The van der Waals surface area contributed by atoms with E-state index in [4.69, 9.17) is 0 Å². The van der Waals surface area contributed by atoms with Crippen molar-refractivity contribution in [2.75, 3.05) is 11.4 Å². The van der Waals surface area contributed by atoms with Gasteiger partial charge in [-0.15, -0.1) is 0 Å². The summed E-state index contributed by atoms with van der Waals surface area (Å²) in [7, 11) is 0. The summed E-state index contributed by atoms with van der Waals surface area (Å²) in [5, 5.41) is 0. The van der Waals surface area contributed by atoms with Crippen molar-refractivity contribution in [2.24, 2.45) is 0 Å². The lowest BCUT2D eigenvalue weighted by Gasteiger charge is -2.21. The summed E-state index contributed by atoms with van der Waals surface area (Å²) in [5.41, 5.74) is 2.32. The van der Waals surface area contributed by atoms with Gasteiger partial charge in [0.1, 0.15) is 5.82 Å². The smallest absolute Gasteiger partial charge is 0.258 e. The Hall–Kier alpha value is -1.68. The van der Waals surface area contributed by atoms with Crippen molar-refractivity contribution in [3.8, 4) is 0 Å². The van der Waals surface area contributed by atoms with E-state index in [0.717, 1.165) is 10.0 Å². The molecule has 0 spiro atoms. The molecule has 0 fully saturated rings. The summed E-state index contributed by atoms with van der Waals surface area (Å²) in [6, 6.07) is 11.4. The average molecular weight is 336 g/mol. The van der Waals surface area contributed by atoms with Crippen molar-refractivity contribution in [3.05, 3.63) is 63.9 Å². The lowest BCUT2D eigenvalue weighted by atomic mass is 10.1. The minimum Gasteiger partial charge on any atom is -0.309 e. The van der Waals surface area contributed by atoms with E-state index >= 15 is 0 Å². The zero-order chi connectivity index (χ0) is 14.7. The zero-order valence-corrected chi connectivity index (χ0v) is 12.9. The van der Waals surface area contributed by atoms with Gasteiger partial charge in [0.15, 0.2) is 0 Å². The number of amides is 1. The van der Waals surface area contributed by atoms with Crippen LogP contribution in [0, 0.1) is 12.7 Å². The van der Waals surface area contributed by atoms with Crippen LogP contribution < -0.4 is 4.90 Å². The molecule has 1 amide bonds. The molecule has 104 valence electrons. The number of aryl methyl sites for hydroxylation is 1. The van der Waals surface area contributed by atoms with Gasteiger partial charge >= 0.3 is 0 Å². The van der Waals surface area contributed by atoms with Gasteiger partial charge < -0.3 is 4.90 Å². The van der Waals surface area contributed by atoms with Crippen LogP contribution in [0.3, 0.4) is 0 Å². The van der Waals surface area contributed by atoms with E-state index in [2.05, 4.69) is 15.9 Å². The first-order valence-electron chi connectivity index (χ1n) is 6.36. The highest BCUT2D eigenvalue weighted by atomic mass is 79.9. The van der Waals surface area contributed by atoms with E-state index in [1.165, 1.54) is 12.1 Å². The molecule has 0 heterocycles. The minimum absolute atomic E-state index is 0.0882. The van der Waals surface area contributed by atoms with E-state index in [9.17, 15) is 9.18 Å². The second kappa shape index (κ2) is 6.18. The number of nitrogens with zero attached hydrogens (tertiary/aromatic N) is 1. The van der Waals surface area contributed by atoms with E-state index in [1.54, 1.807) is 23.1 Å². The van der Waals surface area contributed by atoms with Crippen molar-refractivity contribution < 1.29 is 9.18 Å². The molecule has 4 heteroatoms. The van der Waals surface area contributed by atoms with Crippen LogP contribution in [0.15, 0.2) is 46.9 Å². The fourth-order valence-electron chi connectivity index (χ4n) is 2.00. The number of halogens is 2. The third-order valence-corrected chi connectivity index (χ3v) is 3.99. The van der Waals surface area contributed by atoms with E-state index in [0.29, 0.717) is 17.8 Å². The topological polar surface area (TPSA) is 20.3 Å². The monoisotopic (exact) mass is 335 g/mol. The molecule has 0 aliphatic heterocycles. The van der Waals surface area contributed by atoms with Gasteiger partial charge in [-0.25, -0.2) is 4.39 Å². The molecule has 0 radical (unpaired) electrons. The largest absolute Gasteiger partial charge is 0.309 e. The Balaban J connectivity index is 2.33. The molecule has 20 heavy (non-hydrogen) atoms. The van der Waals surface area contributed by atoms with Gasteiger partial charge in [-0.1, -0.05) is 15.9 Å². The summed E-state index contributed by atoms with van der Waals surface area (Å²) in [5.74, 6) is -0.397. The Morgan fingerprint density at radius 3 is 2.40 bits per heavy atom. The second-order valence-corrected chi connectivity index (χ2v) is 5.34. The molecule has 0 atom stereocenters. The zero-order valence-electron chi connectivity index (χ0n) is 11.4. The highest BCUT2D eigenvalue weighted by molar-refractivity contribution is 9.10. The van der Waals surface area contributed by atoms with Gasteiger partial charge in [0.2, 0.25) is 0 Å². The molecule has 0 saturated heterocycles. The Bertz CT molecular complexity index is 625. The third-order valence-electron chi connectivity index (χ3n) is 3.10. The van der Waals surface area contributed by atoms with Crippen molar-refractivity contribution >= 4 is 27.5 Å². The van der Waals surface area contributed by atoms with E-state index in [-0.39, 0.29) is 11.7 Å². The maximum absolute atomic E-state index is 13.0. The normalized spacial score (nSPS) is 10.4. The minimum atomic E-state index is -0.309. The van der Waals surface area contributed by atoms with Crippen molar-refractivity contribution in [2.45, 2.75) is 13.8 Å². The van der Waals surface area contributed by atoms with Crippen LogP contribution in [0.4, 0.5) is 10.1 Å². The van der Waals surface area contributed by atoms with Crippen molar-refractivity contribution in [1.82, 2.24) is 0 Å². The quantitative estimate of drug-likeness (QED) is 0.804. The van der Waals surface area contributed by atoms with Crippen molar-refractivity contribution in [1.29, 1.82) is 0 Å². The van der Waals surface area contributed by atoms with Crippen LogP contribution >= 0.6 is 15.9 Å². The maximum atomic E-state index is 13.0. The number of carbonyl (C=O) groups excluding carboxylic acids is 1. The first kappa shape index (κ1) is 14.7. The fraction of sp³-hybridized carbons (Fsp3) is 0.188. The van der Waals surface area contributed by atoms with Gasteiger partial charge in [0.25, 0.3) is 5.91 Å². The number of carbonyl (C=O) groups is 1. The Morgan fingerprint density at radius 1 is 1.20 bits per heavy atom. The van der Waals surface area contributed by atoms with Gasteiger partial charge in [-0.2, -0.15) is 0 Å². The van der Waals surface area contributed by atoms with Crippen LogP contribution in [0.2, 0.25) is 0 Å². The molecule has 2 rings (SSSR count). The molecule has 2 aromatic carbocycles. The average Bonchev–Trinajstić information content (AvgIpc) is 2.44. The Labute approximate surface area is 126 Å². The molecular formula is C16H15BrFNO. The summed E-state index contributed by atoms with van der Waals surface area (Å²) < 4.78 is 13.9. The summed E-state index contributed by atoms with van der Waals surface area (Å²) in [6.45, 7) is 4.36. The summed E-state index contributed by atoms with van der Waals surface area (Å²) in [4.78, 5) is 14.2. The number of rotatable bonds is 3. The predicted octanol–water partition coefficient (Wildman–Crippen LogP) is 4.56. The van der Waals surface area contributed by atoms with Gasteiger partial charge in [-0.05, 0) is 61.9 Å². The number of benzene rings is 2. The molecule has 0 aromatic heterocycles. The van der Waals surface area contributed by atoms with Crippen LogP contribution in [0.25, 0.3) is 0 Å². The molecule has 0 unspecified atom stereocenters. The molecular weight excluding hydrogens is 321 g/mol. The van der Waals surface area contributed by atoms with Crippen LogP contribution in [0.5, 0.6) is 0 Å². The Morgan fingerprint density at radius 2 is 1.85 bits per heavy atom. The van der Waals surface area contributed by atoms with Crippen LogP contribution in [-0.2, 0) is 0 Å². The summed E-state index contributed by atoms with van der Waals surface area (Å²) in [6.07, 6.45) is 0. The number of hydrogen-bond donors (Lipinski definition) is 0. The predicted molar refractivity (Wildman–Crippen MR) is 82.6 cm³/mol. The molecule has 0 aliphatic rings. The molecule has 2 nitrogen and oxygen atoms in total. The Kier molecular flexibility index (Phi) is 4.55. The number of anilines is 1. The molecule has 0 saturated carbocycles. The second-order valence-electron chi connectivity index (χ2n) is 4.49.